The Hall–Kier alpha value is -2.30. The summed E-state index contributed by atoms with van der Waals surface area (Å²) in [5.41, 5.74) is 4.01. The normalized spacial score (nSPS) is 12.4. The number of carbonyl (C=O) groups is 1. The van der Waals surface area contributed by atoms with Gasteiger partial charge in [-0.15, -0.1) is 0 Å². The van der Waals surface area contributed by atoms with Gasteiger partial charge in [0.15, 0.2) is 0 Å². The molecule has 1 aromatic carbocycles. The van der Waals surface area contributed by atoms with Crippen molar-refractivity contribution in [2.75, 3.05) is 0 Å². The van der Waals surface area contributed by atoms with Crippen LogP contribution in [-0.4, -0.2) is 25.0 Å². The molecule has 110 valence electrons. The fraction of sp³-hybridized carbons (Fsp3) is 0.375. The summed E-state index contributed by atoms with van der Waals surface area (Å²) in [5, 5.41) is 8.95. The van der Waals surface area contributed by atoms with Gasteiger partial charge in [0.05, 0.1) is 17.5 Å². The van der Waals surface area contributed by atoms with E-state index in [1.54, 1.807) is 0 Å². The van der Waals surface area contributed by atoms with Crippen molar-refractivity contribution in [3.8, 4) is 0 Å². The van der Waals surface area contributed by atoms with Crippen LogP contribution in [0.4, 0.5) is 0 Å². The van der Waals surface area contributed by atoms with Crippen LogP contribution in [0.1, 0.15) is 32.0 Å². The minimum Gasteiger partial charge on any atom is -0.481 e. The van der Waals surface area contributed by atoms with Crippen molar-refractivity contribution in [1.29, 1.82) is 0 Å². The lowest BCUT2D eigenvalue weighted by molar-refractivity contribution is -0.136. The molecule has 0 fully saturated rings. The van der Waals surface area contributed by atoms with Gasteiger partial charge in [0.25, 0.3) is 0 Å². The second-order valence-electron chi connectivity index (χ2n) is 6.49. The molecule has 5 heteroatoms. The largest absolute Gasteiger partial charge is 0.481 e. The van der Waals surface area contributed by atoms with Gasteiger partial charge in [-0.3, -0.25) is 9.20 Å². The van der Waals surface area contributed by atoms with Gasteiger partial charge in [-0.1, -0.05) is 26.8 Å². The van der Waals surface area contributed by atoms with Crippen molar-refractivity contribution < 1.29 is 9.90 Å². The Kier molecular flexibility index (Phi) is 2.83. The molecular weight excluding hydrogens is 266 g/mol. The Morgan fingerprint density at radius 3 is 2.67 bits per heavy atom. The van der Waals surface area contributed by atoms with Gasteiger partial charge in [-0.25, -0.2) is 4.98 Å². The van der Waals surface area contributed by atoms with Crippen LogP contribution < -0.4 is 0 Å². The van der Waals surface area contributed by atoms with Crippen LogP contribution in [0.5, 0.6) is 0 Å². The molecule has 0 aliphatic heterocycles. The van der Waals surface area contributed by atoms with E-state index in [-0.39, 0.29) is 11.8 Å². The number of carboxylic acids is 1. The number of aromatic nitrogens is 3. The Bertz CT molecular complexity index is 850. The number of hydrogen-bond acceptors (Lipinski definition) is 2. The molecule has 0 aliphatic carbocycles. The predicted molar refractivity (Wildman–Crippen MR) is 81.7 cm³/mol. The molecule has 0 bridgehead atoms. The maximum absolute atomic E-state index is 10.9. The molecule has 0 saturated heterocycles. The van der Waals surface area contributed by atoms with Gasteiger partial charge in [0, 0.05) is 18.9 Å². The molecule has 21 heavy (non-hydrogen) atoms. The monoisotopic (exact) mass is 285 g/mol. The number of nitrogens with zero attached hydrogens (tertiary/aromatic N) is 3. The van der Waals surface area contributed by atoms with Crippen molar-refractivity contribution in [3.63, 3.8) is 0 Å². The summed E-state index contributed by atoms with van der Waals surface area (Å²) >= 11 is 0. The Balaban J connectivity index is 2.21. The van der Waals surface area contributed by atoms with E-state index in [4.69, 9.17) is 5.11 Å². The zero-order chi connectivity index (χ0) is 15.4. The van der Waals surface area contributed by atoms with E-state index in [0.29, 0.717) is 0 Å². The van der Waals surface area contributed by atoms with Crippen LogP contribution in [-0.2, 0) is 23.7 Å². The standard InChI is InChI=1S/C16H19N3O2/c1-16(2,3)10-5-6-13-12(7-10)17-15-18(4)11(8-14(20)21)9-19(13)15/h5-7,9H,8H2,1-4H3,(H,20,21). The third kappa shape index (κ3) is 2.18. The van der Waals surface area contributed by atoms with E-state index in [0.717, 1.165) is 22.5 Å². The fourth-order valence-corrected chi connectivity index (χ4v) is 2.60. The molecule has 0 aliphatic rings. The molecular formula is C16H19N3O2. The summed E-state index contributed by atoms with van der Waals surface area (Å²) in [6.07, 6.45) is 1.86. The van der Waals surface area contributed by atoms with Crippen LogP contribution in [0.25, 0.3) is 16.8 Å². The lowest BCUT2D eigenvalue weighted by Crippen LogP contribution is -2.10. The zero-order valence-electron chi connectivity index (χ0n) is 12.7. The second-order valence-corrected chi connectivity index (χ2v) is 6.49. The van der Waals surface area contributed by atoms with Crippen molar-refractivity contribution in [2.24, 2.45) is 7.05 Å². The molecule has 0 amide bonds. The number of rotatable bonds is 2. The molecule has 0 radical (unpaired) electrons. The smallest absolute Gasteiger partial charge is 0.309 e. The van der Waals surface area contributed by atoms with Gasteiger partial charge in [0.2, 0.25) is 5.78 Å². The molecule has 0 saturated carbocycles. The van der Waals surface area contributed by atoms with E-state index in [1.807, 2.05) is 22.2 Å². The highest BCUT2D eigenvalue weighted by Crippen LogP contribution is 2.27. The second kappa shape index (κ2) is 4.35. The Morgan fingerprint density at radius 2 is 2.05 bits per heavy atom. The quantitative estimate of drug-likeness (QED) is 0.787. The molecule has 1 N–H and O–H groups in total. The lowest BCUT2D eigenvalue weighted by Gasteiger charge is -2.18. The van der Waals surface area contributed by atoms with E-state index in [2.05, 4.69) is 44.0 Å². The van der Waals surface area contributed by atoms with Crippen LogP contribution in [0.15, 0.2) is 24.4 Å². The fourth-order valence-electron chi connectivity index (χ4n) is 2.60. The van der Waals surface area contributed by atoms with Crippen molar-refractivity contribution in [1.82, 2.24) is 14.0 Å². The molecule has 2 heterocycles. The summed E-state index contributed by atoms with van der Waals surface area (Å²) < 4.78 is 3.80. The maximum Gasteiger partial charge on any atom is 0.309 e. The lowest BCUT2D eigenvalue weighted by atomic mass is 9.87. The minimum atomic E-state index is -0.835. The summed E-state index contributed by atoms with van der Waals surface area (Å²) in [4.78, 5) is 15.5. The maximum atomic E-state index is 10.9. The number of aryl methyl sites for hydroxylation is 1. The van der Waals surface area contributed by atoms with Gasteiger partial charge < -0.3 is 9.67 Å². The highest BCUT2D eigenvalue weighted by molar-refractivity contribution is 5.81. The van der Waals surface area contributed by atoms with Crippen LogP contribution >= 0.6 is 0 Å². The highest BCUT2D eigenvalue weighted by atomic mass is 16.4. The van der Waals surface area contributed by atoms with Crippen LogP contribution in [0.2, 0.25) is 0 Å². The van der Waals surface area contributed by atoms with Crippen molar-refractivity contribution >= 4 is 22.8 Å². The van der Waals surface area contributed by atoms with Gasteiger partial charge in [-0.05, 0) is 23.1 Å². The highest BCUT2D eigenvalue weighted by Gasteiger charge is 2.17. The number of hydrogen-bond donors (Lipinski definition) is 1. The summed E-state index contributed by atoms with van der Waals surface area (Å²) in [6.45, 7) is 6.53. The molecule has 5 nitrogen and oxygen atoms in total. The molecule has 0 unspecified atom stereocenters. The number of fused-ring (bicyclic) bond motifs is 3. The Labute approximate surface area is 122 Å². The number of benzene rings is 1. The molecule has 0 atom stereocenters. The number of aliphatic carboxylic acids is 1. The van der Waals surface area contributed by atoms with Crippen LogP contribution in [0, 0.1) is 0 Å². The summed E-state index contributed by atoms with van der Waals surface area (Å²) in [7, 11) is 1.85. The predicted octanol–water partition coefficient (Wildman–Crippen LogP) is 2.75. The summed E-state index contributed by atoms with van der Waals surface area (Å²) in [5.74, 6) is -0.0644. The molecule has 2 aromatic heterocycles. The first-order chi connectivity index (χ1) is 9.77. The minimum absolute atomic E-state index is 0.00142. The molecule has 0 spiro atoms. The van der Waals surface area contributed by atoms with E-state index >= 15 is 0 Å². The average molecular weight is 285 g/mol. The van der Waals surface area contributed by atoms with E-state index < -0.39 is 5.97 Å². The van der Waals surface area contributed by atoms with Gasteiger partial charge in [-0.2, -0.15) is 0 Å². The van der Waals surface area contributed by atoms with Crippen molar-refractivity contribution in [2.45, 2.75) is 32.6 Å². The first-order valence-corrected chi connectivity index (χ1v) is 6.96. The van der Waals surface area contributed by atoms with Crippen molar-refractivity contribution in [3.05, 3.63) is 35.7 Å². The SMILES string of the molecule is Cn1c(CC(=O)O)cn2c3ccc(C(C)(C)C)cc3nc12. The third-order valence-electron chi connectivity index (χ3n) is 3.88. The summed E-state index contributed by atoms with van der Waals surface area (Å²) in [6, 6.07) is 6.28. The first-order valence-electron chi connectivity index (χ1n) is 6.96. The topological polar surface area (TPSA) is 59.5 Å². The van der Waals surface area contributed by atoms with Gasteiger partial charge in [0.1, 0.15) is 0 Å². The molecule has 3 aromatic rings. The average Bonchev–Trinajstić information content (AvgIpc) is 2.86. The van der Waals surface area contributed by atoms with E-state index in [1.165, 1.54) is 5.56 Å². The number of carboxylic acid groups (broad SMARTS) is 1. The zero-order valence-corrected chi connectivity index (χ0v) is 12.7. The molecule has 3 rings (SSSR count). The third-order valence-corrected chi connectivity index (χ3v) is 3.88. The first kappa shape index (κ1) is 13.7. The number of imidazole rings is 2. The van der Waals surface area contributed by atoms with Crippen LogP contribution in [0.3, 0.4) is 0 Å². The van der Waals surface area contributed by atoms with Gasteiger partial charge >= 0.3 is 5.97 Å². The Morgan fingerprint density at radius 1 is 1.33 bits per heavy atom. The van der Waals surface area contributed by atoms with E-state index in [9.17, 15) is 4.79 Å².